The van der Waals surface area contributed by atoms with Crippen LogP contribution in [0.5, 0.6) is 11.5 Å². The van der Waals surface area contributed by atoms with Gasteiger partial charge in [0.25, 0.3) is 5.91 Å². The fourth-order valence-corrected chi connectivity index (χ4v) is 3.73. The van der Waals surface area contributed by atoms with Gasteiger partial charge in [0.15, 0.2) is 23.7 Å². The SMILES string of the molecule is CCOc1cc(/C=C/c2nc3cc(Cl)ccc3o2)ccc1OCC(=O)N(C(C)C)C(C)C. The number of amides is 1. The highest BCUT2D eigenvalue weighted by Crippen LogP contribution is 2.30. The number of halogens is 1. The Hall–Kier alpha value is -2.99. The summed E-state index contributed by atoms with van der Waals surface area (Å²) in [7, 11) is 0. The zero-order chi connectivity index (χ0) is 23.3. The number of carbonyl (C=O) groups excluding carboxylic acids is 1. The van der Waals surface area contributed by atoms with Crippen LogP contribution < -0.4 is 9.47 Å². The molecule has 0 saturated heterocycles. The molecule has 1 heterocycles. The van der Waals surface area contributed by atoms with Crippen molar-refractivity contribution in [3.8, 4) is 11.5 Å². The molecule has 7 heteroatoms. The summed E-state index contributed by atoms with van der Waals surface area (Å²) in [6, 6.07) is 11.1. The molecule has 0 bridgehead atoms. The lowest BCUT2D eigenvalue weighted by Crippen LogP contribution is -2.44. The van der Waals surface area contributed by atoms with E-state index < -0.39 is 0 Å². The topological polar surface area (TPSA) is 64.8 Å². The molecule has 0 unspecified atom stereocenters. The van der Waals surface area contributed by atoms with Crippen LogP contribution in [0.3, 0.4) is 0 Å². The maximum Gasteiger partial charge on any atom is 0.260 e. The van der Waals surface area contributed by atoms with Crippen LogP contribution >= 0.6 is 11.6 Å². The van der Waals surface area contributed by atoms with Gasteiger partial charge in [0.05, 0.1) is 6.61 Å². The zero-order valence-electron chi connectivity index (χ0n) is 19.1. The molecule has 3 aromatic rings. The number of aromatic nitrogens is 1. The van der Waals surface area contributed by atoms with Gasteiger partial charge < -0.3 is 18.8 Å². The van der Waals surface area contributed by atoms with Crippen molar-refractivity contribution in [2.75, 3.05) is 13.2 Å². The smallest absolute Gasteiger partial charge is 0.260 e. The number of benzene rings is 2. The third-order valence-corrected chi connectivity index (χ3v) is 5.04. The third-order valence-electron chi connectivity index (χ3n) is 4.80. The molecule has 2 aromatic carbocycles. The molecule has 6 nitrogen and oxygen atoms in total. The van der Waals surface area contributed by atoms with Gasteiger partial charge in [-0.2, -0.15) is 0 Å². The Morgan fingerprint density at radius 2 is 1.81 bits per heavy atom. The normalized spacial score (nSPS) is 11.6. The van der Waals surface area contributed by atoms with Crippen LogP contribution in [0.1, 0.15) is 46.1 Å². The van der Waals surface area contributed by atoms with Crippen molar-refractivity contribution in [3.05, 3.63) is 52.9 Å². The zero-order valence-corrected chi connectivity index (χ0v) is 19.8. The van der Waals surface area contributed by atoms with Gasteiger partial charge >= 0.3 is 0 Å². The van der Waals surface area contributed by atoms with Crippen molar-refractivity contribution in [1.29, 1.82) is 0 Å². The van der Waals surface area contributed by atoms with Gasteiger partial charge in [-0.15, -0.1) is 0 Å². The largest absolute Gasteiger partial charge is 0.490 e. The molecule has 32 heavy (non-hydrogen) atoms. The summed E-state index contributed by atoms with van der Waals surface area (Å²) in [4.78, 5) is 18.8. The average molecular weight is 457 g/mol. The summed E-state index contributed by atoms with van der Waals surface area (Å²) in [5, 5.41) is 0.613. The van der Waals surface area contributed by atoms with E-state index in [2.05, 4.69) is 4.98 Å². The lowest BCUT2D eigenvalue weighted by atomic mass is 10.2. The molecule has 0 saturated carbocycles. The first-order valence-corrected chi connectivity index (χ1v) is 11.1. The van der Waals surface area contributed by atoms with Gasteiger partial charge in [0, 0.05) is 23.2 Å². The Bertz CT molecular complexity index is 1100. The number of oxazole rings is 1. The first-order valence-electron chi connectivity index (χ1n) is 10.7. The first kappa shape index (κ1) is 23.7. The molecule has 1 amide bonds. The Morgan fingerprint density at radius 3 is 2.50 bits per heavy atom. The molecular weight excluding hydrogens is 428 g/mol. The Balaban J connectivity index is 1.74. The number of fused-ring (bicyclic) bond motifs is 1. The average Bonchev–Trinajstić information content (AvgIpc) is 3.13. The minimum Gasteiger partial charge on any atom is -0.490 e. The van der Waals surface area contributed by atoms with Crippen molar-refractivity contribution >= 4 is 40.8 Å². The maximum atomic E-state index is 12.6. The van der Waals surface area contributed by atoms with E-state index in [0.717, 1.165) is 5.56 Å². The molecule has 0 radical (unpaired) electrons. The monoisotopic (exact) mass is 456 g/mol. The number of carbonyl (C=O) groups is 1. The highest BCUT2D eigenvalue weighted by Gasteiger charge is 2.21. The lowest BCUT2D eigenvalue weighted by Gasteiger charge is -2.30. The van der Waals surface area contributed by atoms with Crippen LogP contribution in [0, 0.1) is 0 Å². The molecular formula is C25H29ClN2O4. The second kappa shape index (κ2) is 10.6. The summed E-state index contributed by atoms with van der Waals surface area (Å²) in [5.74, 6) is 1.53. The van der Waals surface area contributed by atoms with Crippen molar-refractivity contribution in [2.24, 2.45) is 0 Å². The van der Waals surface area contributed by atoms with Crippen molar-refractivity contribution in [3.63, 3.8) is 0 Å². The third kappa shape index (κ3) is 5.82. The van der Waals surface area contributed by atoms with E-state index >= 15 is 0 Å². The fourth-order valence-electron chi connectivity index (χ4n) is 3.56. The summed E-state index contributed by atoms with van der Waals surface area (Å²) >= 11 is 6.01. The van der Waals surface area contributed by atoms with Gasteiger partial charge in [-0.25, -0.2) is 4.98 Å². The second-order valence-electron chi connectivity index (χ2n) is 7.91. The summed E-state index contributed by atoms with van der Waals surface area (Å²) < 4.78 is 17.3. The maximum absolute atomic E-state index is 12.6. The Morgan fingerprint density at radius 1 is 1.06 bits per heavy atom. The first-order chi connectivity index (χ1) is 15.3. The molecule has 1 aromatic heterocycles. The van der Waals surface area contributed by atoms with Crippen molar-refractivity contribution in [2.45, 2.75) is 46.7 Å². The molecule has 0 N–H and O–H groups in total. The predicted octanol–water partition coefficient (Wildman–Crippen LogP) is 6.07. The Labute approximate surface area is 193 Å². The molecule has 0 fully saturated rings. The number of hydrogen-bond donors (Lipinski definition) is 0. The molecule has 0 aliphatic carbocycles. The van der Waals surface area contributed by atoms with Gasteiger partial charge in [-0.05, 0) is 76.6 Å². The van der Waals surface area contributed by atoms with Crippen LogP contribution in [-0.2, 0) is 4.79 Å². The van der Waals surface area contributed by atoms with Gasteiger partial charge in [0.2, 0.25) is 5.89 Å². The van der Waals surface area contributed by atoms with Crippen LogP contribution in [0.4, 0.5) is 0 Å². The minimum absolute atomic E-state index is 0.0446. The standard InChI is InChI=1S/C25H29ClN2O4/c1-6-30-23-13-18(8-12-24-27-20-14-19(26)9-11-21(20)32-24)7-10-22(23)31-15-25(29)28(16(2)3)17(4)5/h7-14,16-17H,6,15H2,1-5H3/b12-8+. The number of ether oxygens (including phenoxy) is 2. The lowest BCUT2D eigenvalue weighted by molar-refractivity contribution is -0.137. The van der Waals surface area contributed by atoms with Crippen LogP contribution in [0.25, 0.3) is 23.3 Å². The van der Waals surface area contributed by atoms with Crippen molar-refractivity contribution in [1.82, 2.24) is 9.88 Å². The second-order valence-corrected chi connectivity index (χ2v) is 8.35. The quantitative estimate of drug-likeness (QED) is 0.390. The van der Waals surface area contributed by atoms with Crippen LogP contribution in [-0.4, -0.2) is 41.1 Å². The number of nitrogens with zero attached hydrogens (tertiary/aromatic N) is 2. The summed E-state index contributed by atoms with van der Waals surface area (Å²) in [6.45, 7) is 10.3. The van der Waals surface area contributed by atoms with E-state index in [1.807, 2.05) is 57.7 Å². The molecule has 0 aliphatic rings. The fraction of sp³-hybridized carbons (Fsp3) is 0.360. The predicted molar refractivity (Wildman–Crippen MR) is 128 cm³/mol. The van der Waals surface area contributed by atoms with Crippen LogP contribution in [0.15, 0.2) is 40.8 Å². The number of hydrogen-bond acceptors (Lipinski definition) is 5. The van der Waals surface area contributed by atoms with Gasteiger partial charge in [-0.1, -0.05) is 17.7 Å². The van der Waals surface area contributed by atoms with E-state index in [1.54, 1.807) is 30.3 Å². The van der Waals surface area contributed by atoms with E-state index in [1.165, 1.54) is 0 Å². The number of rotatable bonds is 9. The van der Waals surface area contributed by atoms with Crippen molar-refractivity contribution < 1.29 is 18.7 Å². The summed E-state index contributed by atoms with van der Waals surface area (Å²) in [5.41, 5.74) is 2.27. The Kier molecular flexibility index (Phi) is 7.80. The van der Waals surface area contributed by atoms with E-state index in [-0.39, 0.29) is 24.6 Å². The molecule has 0 atom stereocenters. The van der Waals surface area contributed by atoms with E-state index in [9.17, 15) is 4.79 Å². The van der Waals surface area contributed by atoms with Gasteiger partial charge in [-0.3, -0.25) is 4.79 Å². The molecule has 0 spiro atoms. The molecule has 0 aliphatic heterocycles. The highest BCUT2D eigenvalue weighted by atomic mass is 35.5. The molecule has 3 rings (SSSR count). The molecule has 170 valence electrons. The summed E-state index contributed by atoms with van der Waals surface area (Å²) in [6.07, 6.45) is 3.66. The van der Waals surface area contributed by atoms with Gasteiger partial charge in [0.1, 0.15) is 5.52 Å². The van der Waals surface area contributed by atoms with E-state index in [0.29, 0.717) is 40.1 Å². The minimum atomic E-state index is -0.0579. The van der Waals surface area contributed by atoms with E-state index in [4.69, 9.17) is 25.5 Å². The highest BCUT2D eigenvalue weighted by molar-refractivity contribution is 6.31. The van der Waals surface area contributed by atoms with Crippen LogP contribution in [0.2, 0.25) is 5.02 Å².